The molecule has 0 aromatic carbocycles. The molecule has 0 heterocycles. The first-order chi connectivity index (χ1) is 9.29. The van der Waals surface area contributed by atoms with E-state index in [-0.39, 0.29) is 0 Å². The maximum atomic E-state index is 13.7. The predicted octanol–water partition coefficient (Wildman–Crippen LogP) is 3.44. The summed E-state index contributed by atoms with van der Waals surface area (Å²) in [7, 11) is -3.14. The molecule has 0 aliphatic carbocycles. The molecule has 2 nitrogen and oxygen atoms in total. The van der Waals surface area contributed by atoms with E-state index in [1.807, 2.05) is 0 Å². The van der Waals surface area contributed by atoms with Crippen LogP contribution in [0.2, 0.25) is 6.55 Å². The van der Waals surface area contributed by atoms with Gasteiger partial charge in [-0.1, -0.05) is 0 Å². The molecule has 0 fully saturated rings. The Morgan fingerprint density at radius 3 is 1.48 bits per heavy atom. The summed E-state index contributed by atoms with van der Waals surface area (Å²) >= 11 is 0. The van der Waals surface area contributed by atoms with Gasteiger partial charge in [0.15, 0.2) is 6.17 Å². The van der Waals surface area contributed by atoms with Gasteiger partial charge >= 0.3 is 20.4 Å². The molecule has 0 N–H and O–H groups in total. The van der Waals surface area contributed by atoms with Crippen LogP contribution in [0.25, 0.3) is 0 Å². The second-order valence-electron chi connectivity index (χ2n) is 4.21. The second-order valence-corrected chi connectivity index (χ2v) is 7.57. The van der Waals surface area contributed by atoms with Gasteiger partial charge in [0, 0.05) is 14.2 Å². The quantitative estimate of drug-likeness (QED) is 0.492. The molecule has 0 aliphatic heterocycles. The van der Waals surface area contributed by atoms with Crippen LogP contribution in [0.4, 0.5) is 39.5 Å². The van der Waals surface area contributed by atoms with E-state index in [1.165, 1.54) is 0 Å². The average Bonchev–Trinajstić information content (AvgIpc) is 2.43. The lowest BCUT2D eigenvalue weighted by Gasteiger charge is -2.37. The highest BCUT2D eigenvalue weighted by Gasteiger charge is 2.73. The van der Waals surface area contributed by atoms with E-state index < -0.39 is 45.0 Å². The zero-order chi connectivity index (χ0) is 17.2. The minimum Gasteiger partial charge on any atom is -0.396 e. The third kappa shape index (κ3) is 3.64. The van der Waals surface area contributed by atoms with E-state index in [1.54, 1.807) is 0 Å². The molecule has 0 bridgehead atoms. The lowest BCUT2D eigenvalue weighted by atomic mass is 10.0. The fraction of sp³-hybridized carbons (Fsp3) is 1.00. The Labute approximate surface area is 115 Å². The SMILES string of the molecule is CO[Si](C)(OC)C(F)C(F)(F)C(F)(F)C(F)C(F)C(F)F. The summed E-state index contributed by atoms with van der Waals surface area (Å²) in [6.45, 7) is 0.634. The summed E-state index contributed by atoms with van der Waals surface area (Å²) < 4.78 is 125. The molecule has 21 heavy (non-hydrogen) atoms. The van der Waals surface area contributed by atoms with Crippen molar-refractivity contribution >= 4 is 8.56 Å². The van der Waals surface area contributed by atoms with Gasteiger partial charge in [-0.25, -0.2) is 22.0 Å². The Balaban J connectivity index is 5.55. The summed E-state index contributed by atoms with van der Waals surface area (Å²) in [5.74, 6) is -15.6. The molecule has 0 aliphatic rings. The van der Waals surface area contributed by atoms with Crippen molar-refractivity contribution in [1.82, 2.24) is 0 Å². The van der Waals surface area contributed by atoms with Gasteiger partial charge in [-0.2, -0.15) is 17.6 Å². The van der Waals surface area contributed by atoms with Gasteiger partial charge in [-0.05, 0) is 6.55 Å². The first-order valence-electron chi connectivity index (χ1n) is 5.35. The van der Waals surface area contributed by atoms with Gasteiger partial charge in [0.2, 0.25) is 12.0 Å². The molecule has 0 aromatic rings. The second kappa shape index (κ2) is 6.73. The molecule has 0 saturated carbocycles. The highest BCUT2D eigenvalue weighted by Crippen LogP contribution is 2.46. The van der Waals surface area contributed by atoms with Crippen molar-refractivity contribution in [2.45, 2.75) is 43.0 Å². The topological polar surface area (TPSA) is 18.5 Å². The van der Waals surface area contributed by atoms with Gasteiger partial charge in [-0.15, -0.1) is 0 Å². The first-order valence-corrected chi connectivity index (χ1v) is 7.75. The van der Waals surface area contributed by atoms with Gasteiger partial charge in [0.25, 0.3) is 6.43 Å². The van der Waals surface area contributed by atoms with Crippen LogP contribution in [0, 0.1) is 0 Å². The minimum absolute atomic E-state index is 0.634. The van der Waals surface area contributed by atoms with E-state index in [2.05, 4.69) is 8.85 Å². The third-order valence-corrected chi connectivity index (χ3v) is 5.80. The van der Waals surface area contributed by atoms with Crippen LogP contribution in [-0.2, 0) is 8.85 Å². The third-order valence-electron chi connectivity index (χ3n) is 2.90. The predicted molar refractivity (Wildman–Crippen MR) is 56.2 cm³/mol. The van der Waals surface area contributed by atoms with Crippen LogP contribution in [0.1, 0.15) is 0 Å². The Morgan fingerprint density at radius 1 is 0.810 bits per heavy atom. The van der Waals surface area contributed by atoms with Crippen LogP contribution in [0.3, 0.4) is 0 Å². The highest BCUT2D eigenvalue weighted by atomic mass is 28.4. The van der Waals surface area contributed by atoms with Crippen molar-refractivity contribution in [3.63, 3.8) is 0 Å². The average molecular weight is 352 g/mol. The fourth-order valence-corrected chi connectivity index (χ4v) is 2.73. The number of halogens is 9. The molecule has 128 valence electrons. The molecular formula is C9H13F9O2Si. The van der Waals surface area contributed by atoms with Crippen LogP contribution < -0.4 is 0 Å². The lowest BCUT2D eigenvalue weighted by molar-refractivity contribution is -0.269. The fourth-order valence-electron chi connectivity index (χ4n) is 1.30. The number of hydrogen-bond acceptors (Lipinski definition) is 2. The molecule has 12 heteroatoms. The van der Waals surface area contributed by atoms with E-state index in [0.717, 1.165) is 0 Å². The van der Waals surface area contributed by atoms with Crippen molar-refractivity contribution in [3.8, 4) is 0 Å². The number of hydrogen-bond donors (Lipinski definition) is 0. The molecule has 3 atom stereocenters. The normalized spacial score (nSPS) is 18.7. The maximum Gasteiger partial charge on any atom is 0.376 e. The number of rotatable bonds is 8. The summed E-state index contributed by atoms with van der Waals surface area (Å²) in [6, 6.07) is 0. The molecule has 0 amide bonds. The van der Waals surface area contributed by atoms with Gasteiger partial charge in [0.05, 0.1) is 0 Å². The molecule has 0 saturated heterocycles. The van der Waals surface area contributed by atoms with Crippen molar-refractivity contribution in [1.29, 1.82) is 0 Å². The van der Waals surface area contributed by atoms with Crippen molar-refractivity contribution in [3.05, 3.63) is 0 Å². The van der Waals surface area contributed by atoms with Crippen molar-refractivity contribution in [2.24, 2.45) is 0 Å². The Bertz CT molecular complexity index is 337. The highest BCUT2D eigenvalue weighted by molar-refractivity contribution is 6.67. The van der Waals surface area contributed by atoms with E-state index >= 15 is 0 Å². The maximum absolute atomic E-state index is 13.7. The van der Waals surface area contributed by atoms with Gasteiger partial charge in [-0.3, -0.25) is 0 Å². The van der Waals surface area contributed by atoms with Crippen LogP contribution in [-0.4, -0.2) is 59.2 Å². The minimum atomic E-state index is -6.02. The van der Waals surface area contributed by atoms with Crippen LogP contribution in [0.15, 0.2) is 0 Å². The number of alkyl halides is 9. The largest absolute Gasteiger partial charge is 0.396 e. The Kier molecular flexibility index (Phi) is 6.57. The smallest absolute Gasteiger partial charge is 0.376 e. The first kappa shape index (κ1) is 20.5. The monoisotopic (exact) mass is 352 g/mol. The zero-order valence-electron chi connectivity index (χ0n) is 11.0. The van der Waals surface area contributed by atoms with E-state index in [9.17, 15) is 39.5 Å². The summed E-state index contributed by atoms with van der Waals surface area (Å²) in [5.41, 5.74) is 0. The molecule has 0 rings (SSSR count). The molecule has 0 aromatic heterocycles. The molecule has 3 unspecified atom stereocenters. The summed E-state index contributed by atoms with van der Waals surface area (Å²) in [5, 5.41) is 0. The Morgan fingerprint density at radius 2 is 1.19 bits per heavy atom. The molecular weight excluding hydrogens is 339 g/mol. The van der Waals surface area contributed by atoms with Crippen LogP contribution in [0.5, 0.6) is 0 Å². The van der Waals surface area contributed by atoms with Crippen LogP contribution >= 0.6 is 0 Å². The van der Waals surface area contributed by atoms with Crippen molar-refractivity contribution < 1.29 is 48.4 Å². The Hall–Kier alpha value is -0.493. The standard InChI is InChI=1S/C9H13F9O2Si/c1-19-21(3,20-2)7(14)9(17,18)8(15,16)5(11)4(10)6(12)13/h4-7H,1-3H3. The zero-order valence-corrected chi connectivity index (χ0v) is 12.0. The van der Waals surface area contributed by atoms with E-state index in [4.69, 9.17) is 0 Å². The lowest BCUT2D eigenvalue weighted by Crippen LogP contribution is -2.65. The summed E-state index contributed by atoms with van der Waals surface area (Å²) in [6.07, 6.45) is -13.1. The molecule has 0 spiro atoms. The summed E-state index contributed by atoms with van der Waals surface area (Å²) in [4.78, 5) is 0. The van der Waals surface area contributed by atoms with E-state index in [0.29, 0.717) is 20.8 Å². The molecule has 0 radical (unpaired) electrons. The van der Waals surface area contributed by atoms with Crippen molar-refractivity contribution in [2.75, 3.05) is 14.2 Å². The van der Waals surface area contributed by atoms with Gasteiger partial charge < -0.3 is 8.85 Å². The van der Waals surface area contributed by atoms with Gasteiger partial charge in [0.1, 0.15) is 0 Å².